The predicted octanol–water partition coefficient (Wildman–Crippen LogP) is 2.34. The summed E-state index contributed by atoms with van der Waals surface area (Å²) in [6.07, 6.45) is 2.53. The van der Waals surface area contributed by atoms with Gasteiger partial charge in [-0.15, -0.1) is 11.3 Å². The van der Waals surface area contributed by atoms with E-state index in [1.165, 1.54) is 18.3 Å². The molecular weight excluding hydrogens is 212 g/mol. The lowest BCUT2D eigenvalue weighted by Crippen LogP contribution is -2.06. The molecule has 2 rings (SSSR count). The van der Waals surface area contributed by atoms with Crippen molar-refractivity contribution in [3.05, 3.63) is 11.1 Å². The molecule has 0 radical (unpaired) electrons. The number of anilines is 1. The van der Waals surface area contributed by atoms with Crippen LogP contribution in [0.5, 0.6) is 0 Å². The Labute approximate surface area is 92.7 Å². The SMILES string of the molecule is CC(=O)Nc1nc(C2CCC(C)O2)cs1. The maximum atomic E-state index is 10.8. The van der Waals surface area contributed by atoms with Crippen LogP contribution in [0.1, 0.15) is 38.5 Å². The summed E-state index contributed by atoms with van der Waals surface area (Å²) in [4.78, 5) is 15.1. The van der Waals surface area contributed by atoms with Crippen LogP contribution in [-0.4, -0.2) is 17.0 Å². The van der Waals surface area contributed by atoms with Gasteiger partial charge in [-0.2, -0.15) is 0 Å². The monoisotopic (exact) mass is 226 g/mol. The zero-order valence-electron chi connectivity index (χ0n) is 8.82. The first-order chi connectivity index (χ1) is 7.15. The highest BCUT2D eigenvalue weighted by molar-refractivity contribution is 7.13. The standard InChI is InChI=1S/C10H14N2O2S/c1-6-3-4-9(14-6)8-5-15-10(12-8)11-7(2)13/h5-6,9H,3-4H2,1-2H3,(H,11,12,13). The number of hydrogen-bond donors (Lipinski definition) is 1. The van der Waals surface area contributed by atoms with Crippen molar-refractivity contribution in [1.82, 2.24) is 4.98 Å². The first-order valence-electron chi connectivity index (χ1n) is 5.03. The molecule has 0 bridgehead atoms. The summed E-state index contributed by atoms with van der Waals surface area (Å²) in [5, 5.41) is 5.28. The smallest absolute Gasteiger partial charge is 0.223 e. The summed E-state index contributed by atoms with van der Waals surface area (Å²) >= 11 is 1.44. The molecule has 15 heavy (non-hydrogen) atoms. The molecule has 0 aromatic carbocycles. The summed E-state index contributed by atoms with van der Waals surface area (Å²) < 4.78 is 5.70. The molecule has 1 fully saturated rings. The molecule has 0 aliphatic carbocycles. The molecule has 82 valence electrons. The van der Waals surface area contributed by atoms with Gasteiger partial charge in [-0.25, -0.2) is 4.98 Å². The zero-order valence-corrected chi connectivity index (χ0v) is 9.63. The van der Waals surface area contributed by atoms with Crippen molar-refractivity contribution in [2.75, 3.05) is 5.32 Å². The highest BCUT2D eigenvalue weighted by atomic mass is 32.1. The Balaban J connectivity index is 2.03. The van der Waals surface area contributed by atoms with Gasteiger partial charge in [0.25, 0.3) is 0 Å². The van der Waals surface area contributed by atoms with Crippen LogP contribution >= 0.6 is 11.3 Å². The minimum atomic E-state index is -0.0865. The van der Waals surface area contributed by atoms with Crippen LogP contribution in [-0.2, 0) is 9.53 Å². The molecule has 2 unspecified atom stereocenters. The fraction of sp³-hybridized carbons (Fsp3) is 0.600. The summed E-state index contributed by atoms with van der Waals surface area (Å²) in [6, 6.07) is 0. The Morgan fingerprint density at radius 2 is 2.47 bits per heavy atom. The number of ether oxygens (including phenoxy) is 1. The summed E-state index contributed by atoms with van der Waals surface area (Å²) in [6.45, 7) is 3.55. The number of aromatic nitrogens is 1. The molecular formula is C10H14N2O2S. The van der Waals surface area contributed by atoms with Crippen LogP contribution in [0.15, 0.2) is 5.38 Å². The molecule has 2 heterocycles. The van der Waals surface area contributed by atoms with Gasteiger partial charge in [0.2, 0.25) is 5.91 Å². The lowest BCUT2D eigenvalue weighted by molar-refractivity contribution is -0.114. The second-order valence-electron chi connectivity index (χ2n) is 3.77. The molecule has 1 aromatic heterocycles. The number of nitrogens with one attached hydrogen (secondary N) is 1. The van der Waals surface area contributed by atoms with E-state index in [9.17, 15) is 4.79 Å². The van der Waals surface area contributed by atoms with Gasteiger partial charge in [0.05, 0.1) is 11.8 Å². The van der Waals surface area contributed by atoms with E-state index in [4.69, 9.17) is 4.74 Å². The van der Waals surface area contributed by atoms with Crippen molar-refractivity contribution in [2.45, 2.75) is 38.9 Å². The maximum Gasteiger partial charge on any atom is 0.223 e. The fourth-order valence-corrected chi connectivity index (χ4v) is 2.46. The van der Waals surface area contributed by atoms with Gasteiger partial charge in [-0.05, 0) is 19.8 Å². The summed E-state index contributed by atoms with van der Waals surface area (Å²) in [7, 11) is 0. The third-order valence-corrected chi connectivity index (χ3v) is 3.14. The van der Waals surface area contributed by atoms with Crippen molar-refractivity contribution in [3.8, 4) is 0 Å². The van der Waals surface area contributed by atoms with Gasteiger partial charge in [0, 0.05) is 12.3 Å². The van der Waals surface area contributed by atoms with E-state index in [2.05, 4.69) is 17.2 Å². The minimum absolute atomic E-state index is 0.0865. The average Bonchev–Trinajstić information content (AvgIpc) is 2.72. The molecule has 4 nitrogen and oxygen atoms in total. The quantitative estimate of drug-likeness (QED) is 0.842. The van der Waals surface area contributed by atoms with Crippen LogP contribution in [0.3, 0.4) is 0 Å². The van der Waals surface area contributed by atoms with Gasteiger partial charge in [-0.1, -0.05) is 0 Å². The minimum Gasteiger partial charge on any atom is -0.369 e. The fourth-order valence-electron chi connectivity index (χ4n) is 1.66. The van der Waals surface area contributed by atoms with E-state index < -0.39 is 0 Å². The summed E-state index contributed by atoms with van der Waals surface area (Å²) in [5.41, 5.74) is 0.938. The van der Waals surface area contributed by atoms with E-state index in [1.807, 2.05) is 5.38 Å². The number of hydrogen-bond acceptors (Lipinski definition) is 4. The van der Waals surface area contributed by atoms with Gasteiger partial charge in [0.1, 0.15) is 6.10 Å². The van der Waals surface area contributed by atoms with Crippen LogP contribution in [0.25, 0.3) is 0 Å². The number of thiazole rings is 1. The normalized spacial score (nSPS) is 25.5. The molecule has 0 spiro atoms. The third kappa shape index (κ3) is 2.54. The van der Waals surface area contributed by atoms with Gasteiger partial charge < -0.3 is 10.1 Å². The predicted molar refractivity (Wildman–Crippen MR) is 58.9 cm³/mol. The van der Waals surface area contributed by atoms with Crippen LogP contribution in [0.4, 0.5) is 5.13 Å². The number of amides is 1. The molecule has 1 saturated heterocycles. The molecule has 1 aliphatic heterocycles. The number of carbonyl (C=O) groups excluding carboxylic acids is 1. The molecule has 1 aromatic rings. The van der Waals surface area contributed by atoms with Crippen LogP contribution in [0.2, 0.25) is 0 Å². The van der Waals surface area contributed by atoms with E-state index in [0.29, 0.717) is 11.2 Å². The van der Waals surface area contributed by atoms with Gasteiger partial charge in [-0.3, -0.25) is 4.79 Å². The number of rotatable bonds is 2. The first-order valence-corrected chi connectivity index (χ1v) is 5.91. The molecule has 1 aliphatic rings. The summed E-state index contributed by atoms with van der Waals surface area (Å²) in [5.74, 6) is -0.0865. The molecule has 2 atom stereocenters. The van der Waals surface area contributed by atoms with E-state index in [0.717, 1.165) is 18.5 Å². The highest BCUT2D eigenvalue weighted by Gasteiger charge is 2.25. The molecule has 1 amide bonds. The Kier molecular flexibility index (Phi) is 3.02. The molecule has 1 N–H and O–H groups in total. The van der Waals surface area contributed by atoms with E-state index >= 15 is 0 Å². The first kappa shape index (κ1) is 10.6. The van der Waals surface area contributed by atoms with Crippen molar-refractivity contribution in [2.24, 2.45) is 0 Å². The van der Waals surface area contributed by atoms with Crippen molar-refractivity contribution in [3.63, 3.8) is 0 Å². The maximum absolute atomic E-state index is 10.8. The number of carbonyl (C=O) groups is 1. The molecule has 0 saturated carbocycles. The Hall–Kier alpha value is -0.940. The van der Waals surface area contributed by atoms with Gasteiger partial charge in [0.15, 0.2) is 5.13 Å². The Morgan fingerprint density at radius 3 is 3.07 bits per heavy atom. The topological polar surface area (TPSA) is 51.2 Å². The second kappa shape index (κ2) is 4.28. The van der Waals surface area contributed by atoms with E-state index in [-0.39, 0.29) is 12.0 Å². The number of nitrogens with zero attached hydrogens (tertiary/aromatic N) is 1. The zero-order chi connectivity index (χ0) is 10.8. The van der Waals surface area contributed by atoms with Crippen LogP contribution < -0.4 is 5.32 Å². The van der Waals surface area contributed by atoms with Crippen molar-refractivity contribution >= 4 is 22.4 Å². The lowest BCUT2D eigenvalue weighted by atomic mass is 10.2. The Morgan fingerprint density at radius 1 is 1.67 bits per heavy atom. The third-order valence-electron chi connectivity index (χ3n) is 2.37. The second-order valence-corrected chi connectivity index (χ2v) is 4.63. The highest BCUT2D eigenvalue weighted by Crippen LogP contribution is 2.33. The van der Waals surface area contributed by atoms with E-state index in [1.54, 1.807) is 0 Å². The largest absolute Gasteiger partial charge is 0.369 e. The van der Waals surface area contributed by atoms with Crippen molar-refractivity contribution < 1.29 is 9.53 Å². The lowest BCUT2D eigenvalue weighted by Gasteiger charge is -2.07. The van der Waals surface area contributed by atoms with Crippen molar-refractivity contribution in [1.29, 1.82) is 0 Å². The Bertz CT molecular complexity index is 364. The molecule has 5 heteroatoms. The van der Waals surface area contributed by atoms with Gasteiger partial charge >= 0.3 is 0 Å². The average molecular weight is 226 g/mol. The van der Waals surface area contributed by atoms with Crippen LogP contribution in [0, 0.1) is 0 Å².